The molecule has 0 unspecified atom stereocenters. The van der Waals surface area contributed by atoms with E-state index >= 15 is 0 Å². The van der Waals surface area contributed by atoms with Gasteiger partial charge in [-0.05, 0) is 22.7 Å². The smallest absolute Gasteiger partial charge is 0.0360 e. The van der Waals surface area contributed by atoms with Crippen LogP contribution in [0.2, 0.25) is 0 Å². The lowest BCUT2D eigenvalue weighted by atomic mass is 9.84. The Hall–Kier alpha value is 0. The highest BCUT2D eigenvalue weighted by atomic mass is 14.2. The summed E-state index contributed by atoms with van der Waals surface area (Å²) < 4.78 is 0. The largest absolute Gasteiger partial charge is 0.0683 e. The average molecular weight is 261 g/mol. The third-order valence-corrected chi connectivity index (χ3v) is 3.46. The van der Waals surface area contributed by atoms with Gasteiger partial charge in [-0.2, -0.15) is 0 Å². The SMILES string of the molecule is CC.CC.CC(C)C(C)(C)C.CC(C)C(C)(C)C. The van der Waals surface area contributed by atoms with Crippen molar-refractivity contribution in [1.29, 1.82) is 0 Å². The standard InChI is InChI=1S/2C7H16.2C2H6/c2*1-6(2)7(3,4)5;2*1-2/h2*6H,1-5H3;2*1-2H3. The molecule has 0 aromatic heterocycles. The lowest BCUT2D eigenvalue weighted by Crippen LogP contribution is -2.12. The summed E-state index contributed by atoms with van der Waals surface area (Å²) in [6, 6.07) is 0. The summed E-state index contributed by atoms with van der Waals surface area (Å²) in [4.78, 5) is 0. The van der Waals surface area contributed by atoms with E-state index < -0.39 is 0 Å². The molecule has 0 amide bonds. The quantitative estimate of drug-likeness (QED) is 0.425. The van der Waals surface area contributed by atoms with E-state index in [1.54, 1.807) is 0 Å². The minimum Gasteiger partial charge on any atom is -0.0683 e. The van der Waals surface area contributed by atoms with Crippen molar-refractivity contribution in [2.45, 2.75) is 96.9 Å². The highest BCUT2D eigenvalue weighted by Gasteiger charge is 2.14. The minimum atomic E-state index is 0.500. The summed E-state index contributed by atoms with van der Waals surface area (Å²) in [5, 5.41) is 0. The molecule has 0 aromatic carbocycles. The van der Waals surface area contributed by atoms with Gasteiger partial charge < -0.3 is 0 Å². The lowest BCUT2D eigenvalue weighted by Gasteiger charge is -2.22. The van der Waals surface area contributed by atoms with E-state index in [4.69, 9.17) is 0 Å². The Morgan fingerprint density at radius 1 is 0.444 bits per heavy atom. The highest BCUT2D eigenvalue weighted by molar-refractivity contribution is 4.64. The Kier molecular flexibility index (Phi) is 19.8. The van der Waals surface area contributed by atoms with Gasteiger partial charge in [0.15, 0.2) is 0 Å². The van der Waals surface area contributed by atoms with Crippen LogP contribution in [-0.4, -0.2) is 0 Å². The van der Waals surface area contributed by atoms with Gasteiger partial charge in [-0.25, -0.2) is 0 Å². The molecule has 0 aliphatic rings. The van der Waals surface area contributed by atoms with Crippen LogP contribution in [0, 0.1) is 22.7 Å². The van der Waals surface area contributed by atoms with E-state index in [9.17, 15) is 0 Å². The van der Waals surface area contributed by atoms with Gasteiger partial charge in [0.1, 0.15) is 0 Å². The fourth-order valence-corrected chi connectivity index (χ4v) is 0. The zero-order chi connectivity index (χ0) is 16.2. The molecule has 0 aromatic rings. The van der Waals surface area contributed by atoms with Crippen LogP contribution in [0.3, 0.4) is 0 Å². The van der Waals surface area contributed by atoms with Gasteiger partial charge in [0.25, 0.3) is 0 Å². The molecular formula is C18H44. The molecule has 0 nitrogen and oxygen atoms in total. The average Bonchev–Trinajstić information content (AvgIpc) is 2.21. The van der Waals surface area contributed by atoms with Gasteiger partial charge in [0.2, 0.25) is 0 Å². The van der Waals surface area contributed by atoms with Crippen molar-refractivity contribution in [2.24, 2.45) is 22.7 Å². The fourth-order valence-electron chi connectivity index (χ4n) is 0. The normalized spacial score (nSPS) is 10.7. The number of rotatable bonds is 0. The van der Waals surface area contributed by atoms with Gasteiger partial charge >= 0.3 is 0 Å². The molecule has 0 rings (SSSR count). The zero-order valence-electron chi connectivity index (χ0n) is 16.2. The van der Waals surface area contributed by atoms with E-state index in [0.29, 0.717) is 10.8 Å². The maximum Gasteiger partial charge on any atom is -0.0360 e. The van der Waals surface area contributed by atoms with Gasteiger partial charge in [-0.3, -0.25) is 0 Å². The Morgan fingerprint density at radius 3 is 0.500 bits per heavy atom. The van der Waals surface area contributed by atoms with Crippen LogP contribution in [-0.2, 0) is 0 Å². The van der Waals surface area contributed by atoms with Crippen molar-refractivity contribution >= 4 is 0 Å². The second-order valence-electron chi connectivity index (χ2n) is 7.04. The molecule has 0 bridgehead atoms. The van der Waals surface area contributed by atoms with Crippen molar-refractivity contribution in [1.82, 2.24) is 0 Å². The predicted octanol–water partition coefficient (Wildman–Crippen LogP) is 7.43. The minimum absolute atomic E-state index is 0.500. The molecule has 0 aliphatic carbocycles. The van der Waals surface area contributed by atoms with Crippen molar-refractivity contribution < 1.29 is 0 Å². The molecule has 0 N–H and O–H groups in total. The summed E-state index contributed by atoms with van der Waals surface area (Å²) in [6.07, 6.45) is 0. The third-order valence-electron chi connectivity index (χ3n) is 3.46. The van der Waals surface area contributed by atoms with E-state index in [-0.39, 0.29) is 0 Å². The van der Waals surface area contributed by atoms with Crippen LogP contribution in [0.25, 0.3) is 0 Å². The molecule has 18 heavy (non-hydrogen) atoms. The summed E-state index contributed by atoms with van der Waals surface area (Å²) in [7, 11) is 0. The van der Waals surface area contributed by atoms with Crippen molar-refractivity contribution in [3.05, 3.63) is 0 Å². The van der Waals surface area contributed by atoms with Crippen LogP contribution in [0.5, 0.6) is 0 Å². The molecule has 0 atom stereocenters. The third kappa shape index (κ3) is 25.0. The first-order valence-corrected chi connectivity index (χ1v) is 7.89. The number of hydrogen-bond donors (Lipinski definition) is 0. The molecule has 0 radical (unpaired) electrons. The Bertz CT molecular complexity index is 109. The van der Waals surface area contributed by atoms with Crippen LogP contribution in [0.15, 0.2) is 0 Å². The summed E-state index contributed by atoms with van der Waals surface area (Å²) in [6.45, 7) is 30.6. The first kappa shape index (κ1) is 26.5. The molecule has 0 spiro atoms. The molecule has 0 saturated heterocycles. The van der Waals surface area contributed by atoms with Crippen molar-refractivity contribution in [2.75, 3.05) is 0 Å². The van der Waals surface area contributed by atoms with Crippen LogP contribution < -0.4 is 0 Å². The summed E-state index contributed by atoms with van der Waals surface area (Å²) in [5.74, 6) is 1.60. The van der Waals surface area contributed by atoms with Gasteiger partial charge in [-0.1, -0.05) is 96.9 Å². The molecule has 0 aliphatic heterocycles. The van der Waals surface area contributed by atoms with Gasteiger partial charge in [0.05, 0.1) is 0 Å². The topological polar surface area (TPSA) is 0 Å². The zero-order valence-corrected chi connectivity index (χ0v) is 16.2. The Balaban J connectivity index is -0.0000000851. The van der Waals surface area contributed by atoms with Crippen LogP contribution in [0.4, 0.5) is 0 Å². The van der Waals surface area contributed by atoms with Gasteiger partial charge in [0, 0.05) is 0 Å². The van der Waals surface area contributed by atoms with Crippen LogP contribution >= 0.6 is 0 Å². The fraction of sp³-hybridized carbons (Fsp3) is 1.00. The second-order valence-corrected chi connectivity index (χ2v) is 7.04. The monoisotopic (exact) mass is 260 g/mol. The highest BCUT2D eigenvalue weighted by Crippen LogP contribution is 2.24. The van der Waals surface area contributed by atoms with Crippen LogP contribution in [0.1, 0.15) is 96.9 Å². The Morgan fingerprint density at radius 2 is 0.500 bits per heavy atom. The molecule has 116 valence electrons. The van der Waals surface area contributed by atoms with Crippen molar-refractivity contribution in [3.63, 3.8) is 0 Å². The first-order valence-electron chi connectivity index (χ1n) is 7.89. The maximum absolute atomic E-state index is 2.26. The number of hydrogen-bond acceptors (Lipinski definition) is 0. The van der Waals surface area contributed by atoms with E-state index in [0.717, 1.165) is 11.8 Å². The predicted molar refractivity (Wildman–Crippen MR) is 91.3 cm³/mol. The van der Waals surface area contributed by atoms with Gasteiger partial charge in [-0.15, -0.1) is 0 Å². The lowest BCUT2D eigenvalue weighted by molar-refractivity contribution is 0.283. The molecule has 0 fully saturated rings. The van der Waals surface area contributed by atoms with Crippen molar-refractivity contribution in [3.8, 4) is 0 Å². The van der Waals surface area contributed by atoms with E-state index in [1.165, 1.54) is 0 Å². The molecular weight excluding hydrogens is 216 g/mol. The molecule has 0 heteroatoms. The molecule has 0 saturated carbocycles. The van der Waals surface area contributed by atoms with E-state index in [1.807, 2.05) is 27.7 Å². The summed E-state index contributed by atoms with van der Waals surface area (Å²) in [5.41, 5.74) is 1.00. The first-order chi connectivity index (χ1) is 7.89. The second kappa shape index (κ2) is 13.4. The van der Waals surface area contributed by atoms with E-state index in [2.05, 4.69) is 69.2 Å². The Labute approximate surface area is 120 Å². The summed E-state index contributed by atoms with van der Waals surface area (Å²) >= 11 is 0. The molecule has 0 heterocycles. The maximum atomic E-state index is 2.26.